The standard InChI is InChI=1S/C63H103N2O60P3/c66-5-1-29(80)64-33-51(113-31(82)2-6-67)36(85)27(111-56(33)125-128(103,104)105)16-109-55-34(65-30(81)3-7-106-18-72)52(114-32(83)4-8-107-19-73)50(123-126(97,98)99)28(112-55)17-110-62(60(93)94)10-26(120-63(61(95)96)9-20(74)35(84)46(121-63)23(77)13-70)49(48(122-62)24(78)14-71)118-59-43(92)53(119-58-42(91)38(87)40(89)45(116-58)22(76)12-69)54(124-127(100,101)102)47(117-59)25(79)15-108-57-41(90)37(86)39(88)44(115-57)21(75)11-68/h18-28,33-59,66-71,74-79,84-92H,1-17H2,(H,64,80)(H,65,81)(H,93,94)(H,95,96)(H2,97,98,99)(H2,100,101,102)(H2,103,104,105)/t20-,21+,22+,23-,24-,25+,26-,27-,28-,33-,34-,35-,36-,37+,38+,39+,40+,41+,42+,43+,44-,45-,46-,47-,48-,49-,50-,51-,52-,53-,54-,55-,56-,57+,58-,59-,62-,63-/m1/s1. The molecule has 7 fully saturated rings. The minimum absolute atomic E-state index is 0.173. The van der Waals surface area contributed by atoms with E-state index in [1.54, 1.807) is 0 Å². The molecule has 740 valence electrons. The fourth-order valence-corrected chi connectivity index (χ4v) is 15.8. The van der Waals surface area contributed by atoms with E-state index in [0.717, 1.165) is 0 Å². The molecule has 0 radical (unpaired) electrons. The zero-order chi connectivity index (χ0) is 95.7. The number of carbonyl (C=O) groups excluding carboxylic acids is 6. The third kappa shape index (κ3) is 28.4. The van der Waals surface area contributed by atoms with Crippen LogP contribution in [-0.2, 0) is 146 Å². The van der Waals surface area contributed by atoms with Crippen LogP contribution in [0.5, 0.6) is 0 Å². The topological polar surface area (TPSA) is 983 Å². The summed E-state index contributed by atoms with van der Waals surface area (Å²) in [6.07, 6.45) is -97.0. The van der Waals surface area contributed by atoms with Crippen LogP contribution in [-0.4, -0.2) is 500 Å². The molecule has 7 heterocycles. The molecule has 7 saturated heterocycles. The predicted molar refractivity (Wildman–Crippen MR) is 381 cm³/mol. The van der Waals surface area contributed by atoms with Gasteiger partial charge in [-0.05, 0) is 0 Å². The Balaban J connectivity index is 1.44. The van der Waals surface area contributed by atoms with E-state index in [1.807, 2.05) is 0 Å². The van der Waals surface area contributed by atoms with Gasteiger partial charge in [-0.3, -0.25) is 42.3 Å². The Bertz CT molecular complexity index is 3720. The Kier molecular flexibility index (Phi) is 41.4. The zero-order valence-corrected chi connectivity index (χ0v) is 68.6. The Morgan fingerprint density at radius 2 is 0.875 bits per heavy atom. The molecule has 7 rings (SSSR count). The molecule has 128 heavy (non-hydrogen) atoms. The summed E-state index contributed by atoms with van der Waals surface area (Å²) in [5.41, 5.74) is 0. The Morgan fingerprint density at radius 3 is 1.41 bits per heavy atom. The lowest BCUT2D eigenvalue weighted by atomic mass is 9.89. The minimum Gasteiger partial charge on any atom is -0.477 e. The van der Waals surface area contributed by atoms with Crippen LogP contribution in [0.4, 0.5) is 0 Å². The van der Waals surface area contributed by atoms with Crippen molar-refractivity contribution in [3.05, 3.63) is 0 Å². The van der Waals surface area contributed by atoms with Gasteiger partial charge in [-0.25, -0.2) is 23.3 Å². The van der Waals surface area contributed by atoms with Crippen molar-refractivity contribution in [1.29, 1.82) is 0 Å². The SMILES string of the molecule is O=COCCC(=O)N[C@H]1[C@H](OC[C@H]2O[C@H](OP(=O)(O)O)[C@H](NC(=O)CCO)[C@@H](OC(=O)CCO)[C@@H]2O)O[C@H](CO[C@]2(C(=O)O)C[C@@H](O[C@]3(C(=O)O)C[C@@H](O)[C@@H](O)[C@@H]([C@H](O)CO)O3)[C@@H](O[C@H]3O[C@H]([C@@H](O)CO[C@H]4O[C@H]([C@@H](O)CO)[C@@H](O)[C@H](O)[C@@H]4O)[C@@H](OP(=O)(O)O)[C@H](O[C@H]4O[C@H]([C@@H](O)CO)[C@@H](O)[C@H](O)[C@@H]4O)[C@@H]3O)[C@@H]([C@H](O)CO)O2)[C@@H](OP(=O)(O)O)[C@@H]1OC(=O)CCOC=O. The lowest BCUT2D eigenvalue weighted by Crippen LogP contribution is -2.71. The molecule has 0 saturated carbocycles. The molecule has 7 aliphatic rings. The van der Waals surface area contributed by atoms with E-state index in [-0.39, 0.29) is 12.9 Å². The fourth-order valence-electron chi connectivity index (χ4n) is 14.2. The summed E-state index contributed by atoms with van der Waals surface area (Å²) < 4.78 is 149. The van der Waals surface area contributed by atoms with Gasteiger partial charge in [-0.15, -0.1) is 0 Å². The first kappa shape index (κ1) is 110. The van der Waals surface area contributed by atoms with Crippen LogP contribution in [0.15, 0.2) is 0 Å². The van der Waals surface area contributed by atoms with Crippen molar-refractivity contribution in [2.75, 3.05) is 72.7 Å². The highest BCUT2D eigenvalue weighted by molar-refractivity contribution is 7.46. The van der Waals surface area contributed by atoms with Gasteiger partial charge in [0.1, 0.15) is 171 Å². The molecule has 0 aromatic carbocycles. The van der Waals surface area contributed by atoms with Crippen LogP contribution in [0.25, 0.3) is 0 Å². The third-order valence-electron chi connectivity index (χ3n) is 20.3. The van der Waals surface area contributed by atoms with Gasteiger partial charge < -0.3 is 238 Å². The highest BCUT2D eigenvalue weighted by atomic mass is 31.2. The monoisotopic (exact) mass is 1940 g/mol. The molecule has 0 aromatic rings. The lowest BCUT2D eigenvalue weighted by Gasteiger charge is -2.53. The molecular weight excluding hydrogens is 1840 g/mol. The number of aliphatic hydroxyl groups is 21. The van der Waals surface area contributed by atoms with E-state index in [1.165, 1.54) is 0 Å². The smallest absolute Gasteiger partial charge is 0.472 e. The lowest BCUT2D eigenvalue weighted by molar-refractivity contribution is -0.406. The summed E-state index contributed by atoms with van der Waals surface area (Å²) in [4.78, 5) is 167. The second kappa shape index (κ2) is 48.3. The molecule has 65 heteroatoms. The molecule has 2 amide bonds. The van der Waals surface area contributed by atoms with Crippen molar-refractivity contribution in [3.8, 4) is 0 Å². The quantitative estimate of drug-likeness (QED) is 0.00884. The van der Waals surface area contributed by atoms with Crippen molar-refractivity contribution in [1.82, 2.24) is 10.6 Å². The maximum atomic E-state index is 14.6. The van der Waals surface area contributed by atoms with E-state index in [4.69, 9.17) is 84.6 Å². The summed E-state index contributed by atoms with van der Waals surface area (Å²) in [6.45, 7) is -14.9. The van der Waals surface area contributed by atoms with Crippen molar-refractivity contribution in [2.24, 2.45) is 0 Å². The number of ether oxygens (including phenoxy) is 17. The maximum Gasteiger partial charge on any atom is 0.472 e. The number of carboxylic acids is 2. The van der Waals surface area contributed by atoms with Crippen LogP contribution >= 0.6 is 23.5 Å². The normalized spacial score (nSPS) is 38.5. The van der Waals surface area contributed by atoms with Gasteiger partial charge in [-0.1, -0.05) is 0 Å². The van der Waals surface area contributed by atoms with Gasteiger partial charge in [0, 0.05) is 19.3 Å². The first-order chi connectivity index (χ1) is 59.9. The number of carboxylic acid groups (broad SMARTS) is 2. The summed E-state index contributed by atoms with van der Waals surface area (Å²) in [7, 11) is -18.6. The molecule has 0 unspecified atom stereocenters. The van der Waals surface area contributed by atoms with Crippen LogP contribution in [0.1, 0.15) is 38.5 Å². The number of amides is 2. The van der Waals surface area contributed by atoms with E-state index in [2.05, 4.69) is 20.1 Å². The molecule has 0 spiro atoms. The molecule has 7 aliphatic heterocycles. The zero-order valence-electron chi connectivity index (χ0n) is 65.9. The van der Waals surface area contributed by atoms with Crippen molar-refractivity contribution in [2.45, 2.75) is 271 Å². The molecule has 0 bridgehead atoms. The average molecular weight is 1940 g/mol. The van der Waals surface area contributed by atoms with Gasteiger partial charge >= 0.3 is 47.3 Å². The molecule has 38 atom stereocenters. The number of hydrogen-bond donors (Lipinski definition) is 31. The third-order valence-corrected chi connectivity index (χ3v) is 21.8. The number of hydrogen-bond acceptors (Lipinski definition) is 52. The van der Waals surface area contributed by atoms with E-state index in [0.29, 0.717) is 0 Å². The first-order valence-corrected chi connectivity index (χ1v) is 42.6. The summed E-state index contributed by atoms with van der Waals surface area (Å²) in [5, 5.41) is 256. The number of nitrogens with one attached hydrogen (secondary N) is 2. The summed E-state index contributed by atoms with van der Waals surface area (Å²) >= 11 is 0. The number of aliphatic carboxylic acids is 2. The fraction of sp³-hybridized carbons (Fsp3) is 0.873. The molecule has 0 aromatic heterocycles. The molecule has 31 N–H and O–H groups in total. The molecule has 62 nitrogen and oxygen atoms in total. The Morgan fingerprint density at radius 1 is 0.414 bits per heavy atom. The van der Waals surface area contributed by atoms with E-state index in [9.17, 15) is 199 Å². The van der Waals surface area contributed by atoms with Crippen LogP contribution in [0, 0.1) is 0 Å². The largest absolute Gasteiger partial charge is 0.477 e. The highest BCUT2D eigenvalue weighted by Gasteiger charge is 2.66. The van der Waals surface area contributed by atoms with Crippen LogP contribution in [0.3, 0.4) is 0 Å². The number of phosphoric acid groups is 3. The van der Waals surface area contributed by atoms with Crippen molar-refractivity contribution in [3.63, 3.8) is 0 Å². The van der Waals surface area contributed by atoms with Gasteiger partial charge in [0.05, 0.1) is 97.5 Å². The van der Waals surface area contributed by atoms with Gasteiger partial charge in [0.25, 0.3) is 24.5 Å². The second-order valence-corrected chi connectivity index (χ2v) is 32.8. The first-order valence-electron chi connectivity index (χ1n) is 38.0. The summed E-state index contributed by atoms with van der Waals surface area (Å²) in [5.74, 6) is -18.7. The van der Waals surface area contributed by atoms with Crippen LogP contribution < -0.4 is 10.6 Å². The number of carbonyl (C=O) groups is 8. The minimum atomic E-state index is -6.35. The van der Waals surface area contributed by atoms with Crippen molar-refractivity contribution < 1.29 is 293 Å². The molecular formula is C63H103N2O60P3. The second-order valence-electron chi connectivity index (χ2n) is 29.3. The summed E-state index contributed by atoms with van der Waals surface area (Å²) in [6, 6.07) is -4.72. The van der Waals surface area contributed by atoms with Gasteiger partial charge in [0.15, 0.2) is 43.7 Å². The van der Waals surface area contributed by atoms with E-state index >= 15 is 0 Å². The number of esters is 2. The molecule has 0 aliphatic carbocycles. The van der Waals surface area contributed by atoms with Crippen LogP contribution in [0.2, 0.25) is 0 Å². The Labute approximate surface area is 717 Å². The van der Waals surface area contributed by atoms with Crippen molar-refractivity contribution >= 4 is 72.1 Å². The Hall–Kier alpha value is -5.27. The maximum absolute atomic E-state index is 14.6. The highest BCUT2D eigenvalue weighted by Crippen LogP contribution is 2.49. The number of phosphoric ester groups is 3. The number of rotatable bonds is 48. The van der Waals surface area contributed by atoms with Gasteiger partial charge in [0.2, 0.25) is 11.8 Å². The van der Waals surface area contributed by atoms with Gasteiger partial charge in [-0.2, -0.15) is 0 Å². The predicted octanol–water partition coefficient (Wildman–Crippen LogP) is -18.9. The number of aliphatic hydroxyl groups excluding tert-OH is 21. The average Bonchev–Trinajstić information content (AvgIpc) is 0.735. The van der Waals surface area contributed by atoms with E-state index < -0.39 is 402 Å².